The number of nitrogens with one attached hydrogen (secondary N) is 1. The quantitative estimate of drug-likeness (QED) is 0.801. The highest BCUT2D eigenvalue weighted by atomic mass is 16.5. The van der Waals surface area contributed by atoms with E-state index in [0.717, 1.165) is 12.0 Å². The van der Waals surface area contributed by atoms with E-state index >= 15 is 0 Å². The van der Waals surface area contributed by atoms with Gasteiger partial charge in [0.25, 0.3) is 0 Å². The number of hydrogen-bond acceptors (Lipinski definition) is 7. The largest absolute Gasteiger partial charge is 0.467 e. The Kier molecular flexibility index (Phi) is 4.11. The Morgan fingerprint density at radius 2 is 1.84 bits per heavy atom. The average molecular weight is 264 g/mol. The second kappa shape index (κ2) is 5.98. The molecule has 1 N–H and O–H groups in total. The SMILES string of the molecule is COc1nc(NCCc2cnn(C)c2)nc(OC)n1. The fourth-order valence-electron chi connectivity index (χ4n) is 1.52. The second-order valence-electron chi connectivity index (χ2n) is 3.83. The van der Waals surface area contributed by atoms with Gasteiger partial charge in [-0.25, -0.2) is 0 Å². The van der Waals surface area contributed by atoms with Gasteiger partial charge in [-0.2, -0.15) is 15.1 Å². The van der Waals surface area contributed by atoms with E-state index in [0.29, 0.717) is 12.5 Å². The fourth-order valence-corrected chi connectivity index (χ4v) is 1.52. The van der Waals surface area contributed by atoms with Gasteiger partial charge >= 0.3 is 12.0 Å². The molecule has 2 rings (SSSR count). The third-order valence-electron chi connectivity index (χ3n) is 2.41. The summed E-state index contributed by atoms with van der Waals surface area (Å²) in [7, 11) is 4.88. The lowest BCUT2D eigenvalue weighted by molar-refractivity contribution is 0.341. The molecule has 2 aromatic rings. The molecule has 0 aliphatic rings. The highest BCUT2D eigenvalue weighted by Gasteiger charge is 2.06. The third-order valence-corrected chi connectivity index (χ3v) is 2.41. The van der Waals surface area contributed by atoms with E-state index in [1.165, 1.54) is 14.2 Å². The minimum absolute atomic E-state index is 0.218. The molecule has 0 aromatic carbocycles. The smallest absolute Gasteiger partial charge is 0.324 e. The van der Waals surface area contributed by atoms with Crippen molar-refractivity contribution in [3.05, 3.63) is 18.0 Å². The summed E-state index contributed by atoms with van der Waals surface area (Å²) in [5.74, 6) is 0.424. The van der Waals surface area contributed by atoms with Gasteiger partial charge in [0.05, 0.1) is 20.4 Å². The Bertz CT molecular complexity index is 519. The predicted octanol–water partition coefficient (Wildman–Crippen LogP) is 0.277. The molecule has 0 fully saturated rings. The van der Waals surface area contributed by atoms with Crippen LogP contribution in [0, 0.1) is 0 Å². The number of methoxy groups -OCH3 is 2. The van der Waals surface area contributed by atoms with Crippen LogP contribution in [0.3, 0.4) is 0 Å². The minimum Gasteiger partial charge on any atom is -0.467 e. The van der Waals surface area contributed by atoms with Crippen LogP contribution in [-0.4, -0.2) is 45.5 Å². The van der Waals surface area contributed by atoms with Crippen molar-refractivity contribution < 1.29 is 9.47 Å². The van der Waals surface area contributed by atoms with E-state index in [1.807, 2.05) is 19.4 Å². The maximum Gasteiger partial charge on any atom is 0.324 e. The zero-order chi connectivity index (χ0) is 13.7. The highest BCUT2D eigenvalue weighted by molar-refractivity contribution is 5.27. The number of nitrogens with zero attached hydrogens (tertiary/aromatic N) is 5. The zero-order valence-corrected chi connectivity index (χ0v) is 11.1. The van der Waals surface area contributed by atoms with Crippen LogP contribution in [0.1, 0.15) is 5.56 Å². The van der Waals surface area contributed by atoms with E-state index in [-0.39, 0.29) is 12.0 Å². The fraction of sp³-hybridized carbons (Fsp3) is 0.455. The summed E-state index contributed by atoms with van der Waals surface area (Å²) in [6.45, 7) is 0.683. The molecule has 0 atom stereocenters. The standard InChI is InChI=1S/C11H16N6O2/c1-17-7-8(6-13-17)4-5-12-9-14-10(18-2)16-11(15-9)19-3/h6-7H,4-5H2,1-3H3,(H,12,14,15,16). The zero-order valence-electron chi connectivity index (χ0n) is 11.1. The minimum atomic E-state index is 0.218. The molecule has 19 heavy (non-hydrogen) atoms. The maximum atomic E-state index is 4.97. The number of hydrogen-bond donors (Lipinski definition) is 1. The molecule has 8 nitrogen and oxygen atoms in total. The molecule has 2 aromatic heterocycles. The first-order valence-corrected chi connectivity index (χ1v) is 5.76. The first kappa shape index (κ1) is 13.1. The monoisotopic (exact) mass is 264 g/mol. The number of aryl methyl sites for hydroxylation is 1. The van der Waals surface area contributed by atoms with Crippen molar-refractivity contribution in [2.45, 2.75) is 6.42 Å². The van der Waals surface area contributed by atoms with Gasteiger partial charge in [-0.15, -0.1) is 4.98 Å². The number of anilines is 1. The van der Waals surface area contributed by atoms with E-state index in [4.69, 9.17) is 9.47 Å². The van der Waals surface area contributed by atoms with Gasteiger partial charge in [-0.05, 0) is 12.0 Å². The predicted molar refractivity (Wildman–Crippen MR) is 68.3 cm³/mol. The van der Waals surface area contributed by atoms with Gasteiger partial charge in [0.2, 0.25) is 5.95 Å². The molecule has 0 saturated heterocycles. The third kappa shape index (κ3) is 3.54. The Balaban J connectivity index is 1.95. The van der Waals surface area contributed by atoms with Gasteiger partial charge in [0.15, 0.2) is 0 Å². The molecular weight excluding hydrogens is 248 g/mol. The molecule has 0 amide bonds. The van der Waals surface area contributed by atoms with Crippen LogP contribution in [0.4, 0.5) is 5.95 Å². The Morgan fingerprint density at radius 1 is 1.16 bits per heavy atom. The molecule has 0 bridgehead atoms. The van der Waals surface area contributed by atoms with E-state index in [9.17, 15) is 0 Å². The lowest BCUT2D eigenvalue weighted by Crippen LogP contribution is -2.10. The highest BCUT2D eigenvalue weighted by Crippen LogP contribution is 2.11. The summed E-state index contributed by atoms with van der Waals surface area (Å²) >= 11 is 0. The molecule has 0 aliphatic carbocycles. The van der Waals surface area contributed by atoms with Crippen molar-refractivity contribution in [2.75, 3.05) is 26.1 Å². The molecule has 0 unspecified atom stereocenters. The summed E-state index contributed by atoms with van der Waals surface area (Å²) in [5, 5.41) is 7.20. The molecule has 0 radical (unpaired) electrons. The maximum absolute atomic E-state index is 4.97. The molecule has 0 saturated carbocycles. The molecule has 2 heterocycles. The van der Waals surface area contributed by atoms with Gasteiger partial charge in [0.1, 0.15) is 0 Å². The van der Waals surface area contributed by atoms with E-state index < -0.39 is 0 Å². The number of aromatic nitrogens is 5. The summed E-state index contributed by atoms with van der Waals surface area (Å²) in [6.07, 6.45) is 4.62. The lowest BCUT2D eigenvalue weighted by Gasteiger charge is -2.06. The molecular formula is C11H16N6O2. The Hall–Kier alpha value is -2.38. The Labute approximate surface area is 110 Å². The summed E-state index contributed by atoms with van der Waals surface area (Å²) in [6, 6.07) is 0.437. The second-order valence-corrected chi connectivity index (χ2v) is 3.83. The summed E-state index contributed by atoms with van der Waals surface area (Å²) < 4.78 is 11.7. The number of ether oxygens (including phenoxy) is 2. The lowest BCUT2D eigenvalue weighted by atomic mass is 10.2. The van der Waals surface area contributed by atoms with E-state index in [2.05, 4.69) is 25.4 Å². The first-order valence-electron chi connectivity index (χ1n) is 5.76. The van der Waals surface area contributed by atoms with Crippen LogP contribution >= 0.6 is 0 Å². The van der Waals surface area contributed by atoms with Crippen LogP contribution in [0.25, 0.3) is 0 Å². The topological polar surface area (TPSA) is 87.0 Å². The van der Waals surface area contributed by atoms with Crippen LogP contribution in [0.2, 0.25) is 0 Å². The van der Waals surface area contributed by atoms with Crippen molar-refractivity contribution in [1.82, 2.24) is 24.7 Å². The van der Waals surface area contributed by atoms with Crippen LogP contribution in [-0.2, 0) is 13.5 Å². The van der Waals surface area contributed by atoms with Crippen LogP contribution < -0.4 is 14.8 Å². The van der Waals surface area contributed by atoms with Crippen molar-refractivity contribution >= 4 is 5.95 Å². The van der Waals surface area contributed by atoms with Crippen molar-refractivity contribution in [1.29, 1.82) is 0 Å². The molecule has 8 heteroatoms. The van der Waals surface area contributed by atoms with Crippen LogP contribution in [0.5, 0.6) is 12.0 Å². The first-order chi connectivity index (χ1) is 9.21. The normalized spacial score (nSPS) is 10.3. The summed E-state index contributed by atoms with van der Waals surface area (Å²) in [5.41, 5.74) is 1.14. The summed E-state index contributed by atoms with van der Waals surface area (Å²) in [4.78, 5) is 12.1. The van der Waals surface area contributed by atoms with E-state index in [1.54, 1.807) is 4.68 Å². The van der Waals surface area contributed by atoms with Crippen molar-refractivity contribution in [3.63, 3.8) is 0 Å². The van der Waals surface area contributed by atoms with Crippen molar-refractivity contribution in [3.8, 4) is 12.0 Å². The average Bonchev–Trinajstić information content (AvgIpc) is 2.84. The van der Waals surface area contributed by atoms with Gasteiger partial charge in [0, 0.05) is 19.8 Å². The van der Waals surface area contributed by atoms with Gasteiger partial charge in [-0.3, -0.25) is 4.68 Å². The Morgan fingerprint density at radius 3 is 2.37 bits per heavy atom. The molecule has 102 valence electrons. The van der Waals surface area contributed by atoms with Crippen molar-refractivity contribution in [2.24, 2.45) is 7.05 Å². The number of rotatable bonds is 6. The van der Waals surface area contributed by atoms with Gasteiger partial charge < -0.3 is 14.8 Å². The molecule has 0 spiro atoms. The molecule has 0 aliphatic heterocycles. The van der Waals surface area contributed by atoms with Gasteiger partial charge in [-0.1, -0.05) is 0 Å². The van der Waals surface area contributed by atoms with Crippen LogP contribution in [0.15, 0.2) is 12.4 Å².